The van der Waals surface area contributed by atoms with E-state index in [4.69, 9.17) is 0 Å². The second-order valence-corrected chi connectivity index (χ2v) is 4.68. The number of piperazine rings is 1. The van der Waals surface area contributed by atoms with E-state index in [2.05, 4.69) is 5.32 Å². The molecule has 0 saturated carbocycles. The van der Waals surface area contributed by atoms with Crippen molar-refractivity contribution in [3.05, 3.63) is 35.4 Å². The molecular formula is C14H16F2N2O2. The monoisotopic (exact) mass is 282 g/mol. The van der Waals surface area contributed by atoms with Crippen molar-refractivity contribution in [3.8, 4) is 0 Å². The van der Waals surface area contributed by atoms with E-state index in [9.17, 15) is 18.4 Å². The molecule has 1 saturated heterocycles. The van der Waals surface area contributed by atoms with Gasteiger partial charge in [-0.2, -0.15) is 0 Å². The third-order valence-electron chi connectivity index (χ3n) is 3.27. The fourth-order valence-corrected chi connectivity index (χ4v) is 2.14. The van der Waals surface area contributed by atoms with Gasteiger partial charge in [-0.15, -0.1) is 0 Å². The standard InChI is InChI=1S/C14H16F2N2O2/c15-10-1-2-11(12(16)9-10)13(19)3-4-14(20)18-7-5-17-6-8-18/h1-2,9,17H,3-8H2. The number of nitrogens with zero attached hydrogens (tertiary/aromatic N) is 1. The van der Waals surface area contributed by atoms with Crippen LogP contribution in [0, 0.1) is 11.6 Å². The molecule has 0 spiro atoms. The third kappa shape index (κ3) is 3.60. The van der Waals surface area contributed by atoms with E-state index in [1.54, 1.807) is 4.90 Å². The maximum Gasteiger partial charge on any atom is 0.223 e. The Kier molecular flexibility index (Phi) is 4.79. The molecule has 1 fully saturated rings. The van der Waals surface area contributed by atoms with Crippen molar-refractivity contribution in [1.82, 2.24) is 10.2 Å². The second kappa shape index (κ2) is 6.56. The highest BCUT2D eigenvalue weighted by Gasteiger charge is 2.19. The molecule has 20 heavy (non-hydrogen) atoms. The summed E-state index contributed by atoms with van der Waals surface area (Å²) in [6.07, 6.45) is -0.0129. The lowest BCUT2D eigenvalue weighted by Gasteiger charge is -2.27. The van der Waals surface area contributed by atoms with Gasteiger partial charge in [0.05, 0.1) is 5.56 Å². The van der Waals surface area contributed by atoms with Gasteiger partial charge >= 0.3 is 0 Å². The predicted octanol–water partition coefficient (Wildman–Crippen LogP) is 1.36. The highest BCUT2D eigenvalue weighted by molar-refractivity contribution is 5.98. The summed E-state index contributed by atoms with van der Waals surface area (Å²) in [7, 11) is 0. The first-order valence-corrected chi connectivity index (χ1v) is 6.54. The Bertz CT molecular complexity index is 514. The average Bonchev–Trinajstić information content (AvgIpc) is 2.45. The molecule has 0 bridgehead atoms. The number of benzene rings is 1. The summed E-state index contributed by atoms with van der Waals surface area (Å²) in [6.45, 7) is 2.73. The number of hydrogen-bond acceptors (Lipinski definition) is 3. The fraction of sp³-hybridized carbons (Fsp3) is 0.429. The van der Waals surface area contributed by atoms with Crippen molar-refractivity contribution in [3.63, 3.8) is 0 Å². The number of nitrogens with one attached hydrogen (secondary N) is 1. The zero-order valence-electron chi connectivity index (χ0n) is 11.0. The Morgan fingerprint density at radius 2 is 1.85 bits per heavy atom. The van der Waals surface area contributed by atoms with Gasteiger partial charge in [0.15, 0.2) is 5.78 Å². The molecule has 1 N–H and O–H groups in total. The zero-order chi connectivity index (χ0) is 14.5. The minimum atomic E-state index is -0.885. The number of rotatable bonds is 4. The summed E-state index contributed by atoms with van der Waals surface area (Å²) in [5.41, 5.74) is -0.167. The maximum atomic E-state index is 13.4. The molecule has 0 unspecified atom stereocenters. The lowest BCUT2D eigenvalue weighted by Crippen LogP contribution is -2.46. The van der Waals surface area contributed by atoms with E-state index in [-0.39, 0.29) is 24.3 Å². The topological polar surface area (TPSA) is 49.4 Å². The van der Waals surface area contributed by atoms with Crippen LogP contribution in [0.3, 0.4) is 0 Å². The number of hydrogen-bond donors (Lipinski definition) is 1. The Hall–Kier alpha value is -1.82. The smallest absolute Gasteiger partial charge is 0.223 e. The summed E-state index contributed by atoms with van der Waals surface area (Å²) in [5.74, 6) is -2.20. The van der Waals surface area contributed by atoms with Crippen molar-refractivity contribution in [2.45, 2.75) is 12.8 Å². The van der Waals surface area contributed by atoms with Crippen LogP contribution in [0.1, 0.15) is 23.2 Å². The fourth-order valence-electron chi connectivity index (χ4n) is 2.14. The minimum Gasteiger partial charge on any atom is -0.340 e. The quantitative estimate of drug-likeness (QED) is 0.848. The SMILES string of the molecule is O=C(CCC(=O)N1CCNCC1)c1ccc(F)cc1F. The third-order valence-corrected chi connectivity index (χ3v) is 3.27. The Labute approximate surface area is 115 Å². The highest BCUT2D eigenvalue weighted by atomic mass is 19.1. The van der Waals surface area contributed by atoms with Crippen LogP contribution in [0.25, 0.3) is 0 Å². The first-order chi connectivity index (χ1) is 9.58. The van der Waals surface area contributed by atoms with Crippen LogP contribution in [-0.4, -0.2) is 42.8 Å². The second-order valence-electron chi connectivity index (χ2n) is 4.68. The van der Waals surface area contributed by atoms with Crippen molar-refractivity contribution < 1.29 is 18.4 Å². The summed E-state index contributed by atoms with van der Waals surface area (Å²) in [4.78, 5) is 25.4. The summed E-state index contributed by atoms with van der Waals surface area (Å²) >= 11 is 0. The molecule has 1 aromatic rings. The molecule has 0 aromatic heterocycles. The Morgan fingerprint density at radius 3 is 2.50 bits per heavy atom. The van der Waals surface area contributed by atoms with Gasteiger partial charge in [0, 0.05) is 45.1 Å². The number of Topliss-reactive ketones (excluding diaryl/α,β-unsaturated/α-hetero) is 1. The molecule has 1 aliphatic heterocycles. The lowest BCUT2D eigenvalue weighted by molar-refractivity contribution is -0.131. The average molecular weight is 282 g/mol. The largest absolute Gasteiger partial charge is 0.340 e. The van der Waals surface area contributed by atoms with E-state index in [0.29, 0.717) is 19.2 Å². The minimum absolute atomic E-state index is 0.0512. The molecule has 1 aromatic carbocycles. The molecule has 1 heterocycles. The van der Waals surface area contributed by atoms with Crippen LogP contribution in [0.15, 0.2) is 18.2 Å². The van der Waals surface area contributed by atoms with E-state index in [1.807, 2.05) is 0 Å². The normalized spacial score (nSPS) is 15.2. The van der Waals surface area contributed by atoms with E-state index in [1.165, 1.54) is 0 Å². The van der Waals surface area contributed by atoms with Gasteiger partial charge in [-0.3, -0.25) is 9.59 Å². The van der Waals surface area contributed by atoms with Crippen LogP contribution in [0.5, 0.6) is 0 Å². The molecule has 0 radical (unpaired) electrons. The number of carbonyl (C=O) groups is 2. The van der Waals surface area contributed by atoms with Crippen molar-refractivity contribution in [1.29, 1.82) is 0 Å². The van der Waals surface area contributed by atoms with Gasteiger partial charge in [-0.25, -0.2) is 8.78 Å². The molecule has 2 rings (SSSR count). The number of ketones is 1. The van der Waals surface area contributed by atoms with Crippen LogP contribution < -0.4 is 5.32 Å². The molecule has 0 atom stereocenters. The molecule has 1 aliphatic rings. The van der Waals surface area contributed by atoms with Gasteiger partial charge in [-0.05, 0) is 12.1 Å². The number of amides is 1. The first-order valence-electron chi connectivity index (χ1n) is 6.54. The van der Waals surface area contributed by atoms with Crippen molar-refractivity contribution in [2.75, 3.05) is 26.2 Å². The van der Waals surface area contributed by atoms with E-state index < -0.39 is 17.4 Å². The molecular weight excluding hydrogens is 266 g/mol. The molecule has 108 valence electrons. The van der Waals surface area contributed by atoms with Gasteiger partial charge in [0.25, 0.3) is 0 Å². The van der Waals surface area contributed by atoms with E-state index >= 15 is 0 Å². The van der Waals surface area contributed by atoms with Crippen LogP contribution in [-0.2, 0) is 4.79 Å². The van der Waals surface area contributed by atoms with E-state index in [0.717, 1.165) is 25.2 Å². The lowest BCUT2D eigenvalue weighted by atomic mass is 10.1. The number of carbonyl (C=O) groups excluding carboxylic acids is 2. The van der Waals surface area contributed by atoms with Crippen LogP contribution in [0.4, 0.5) is 8.78 Å². The van der Waals surface area contributed by atoms with Crippen molar-refractivity contribution in [2.24, 2.45) is 0 Å². The first kappa shape index (κ1) is 14.6. The highest BCUT2D eigenvalue weighted by Crippen LogP contribution is 2.13. The van der Waals surface area contributed by atoms with Crippen LogP contribution >= 0.6 is 0 Å². The van der Waals surface area contributed by atoms with Gasteiger partial charge in [0.1, 0.15) is 11.6 Å². The van der Waals surface area contributed by atoms with Crippen molar-refractivity contribution >= 4 is 11.7 Å². The summed E-state index contributed by atoms with van der Waals surface area (Å²) < 4.78 is 26.2. The predicted molar refractivity (Wildman–Crippen MR) is 69.4 cm³/mol. The molecule has 6 heteroatoms. The zero-order valence-corrected chi connectivity index (χ0v) is 11.0. The summed E-state index contributed by atoms with van der Waals surface area (Å²) in [6, 6.07) is 2.82. The maximum absolute atomic E-state index is 13.4. The molecule has 1 amide bonds. The molecule has 0 aliphatic carbocycles. The van der Waals surface area contributed by atoms with Crippen LogP contribution in [0.2, 0.25) is 0 Å². The van der Waals surface area contributed by atoms with Gasteiger partial charge in [-0.1, -0.05) is 0 Å². The van der Waals surface area contributed by atoms with Gasteiger partial charge < -0.3 is 10.2 Å². The Morgan fingerprint density at radius 1 is 1.15 bits per heavy atom. The number of halogens is 2. The summed E-state index contributed by atoms with van der Waals surface area (Å²) in [5, 5.41) is 3.13. The molecule has 4 nitrogen and oxygen atoms in total. The Balaban J connectivity index is 1.89. The van der Waals surface area contributed by atoms with Gasteiger partial charge in [0.2, 0.25) is 5.91 Å².